The lowest BCUT2D eigenvalue weighted by Gasteiger charge is -2.13. The number of aromatic nitrogens is 2. The number of benzene rings is 3. The van der Waals surface area contributed by atoms with E-state index in [1.54, 1.807) is 6.07 Å². The first-order valence-electron chi connectivity index (χ1n) is 9.46. The number of hydrogen-bond donors (Lipinski definition) is 1. The topological polar surface area (TPSA) is 95.1 Å². The number of halogens is 2. The normalized spacial score (nSPS) is 11.5. The molecule has 0 aliphatic rings. The Labute approximate surface area is 182 Å². The highest BCUT2D eigenvalue weighted by Gasteiger charge is 2.17. The Morgan fingerprint density at radius 3 is 2.16 bits per heavy atom. The number of sulfonamides is 1. The summed E-state index contributed by atoms with van der Waals surface area (Å²) in [4.78, 5) is 13.3. The van der Waals surface area contributed by atoms with E-state index in [0.29, 0.717) is 22.3 Å². The Morgan fingerprint density at radius 1 is 0.875 bits per heavy atom. The fraction of sp³-hybridized carbons (Fsp3) is 0.0435. The Kier molecular flexibility index (Phi) is 5.68. The van der Waals surface area contributed by atoms with Crippen LogP contribution in [0.3, 0.4) is 0 Å². The van der Waals surface area contributed by atoms with Crippen LogP contribution in [0.5, 0.6) is 0 Å². The van der Waals surface area contributed by atoms with Gasteiger partial charge >= 0.3 is 0 Å². The van der Waals surface area contributed by atoms with Gasteiger partial charge in [0.05, 0.1) is 23.2 Å². The van der Waals surface area contributed by atoms with Crippen LogP contribution in [-0.2, 0) is 16.6 Å². The number of hydrogen-bond acceptors (Lipinski definition) is 4. The lowest BCUT2D eigenvalue weighted by Crippen LogP contribution is -2.25. The number of nitrogens with two attached hydrogens (primary N) is 1. The minimum Gasteiger partial charge on any atom is -0.267 e. The Hall–Kier alpha value is -3.69. The lowest BCUT2D eigenvalue weighted by molar-refractivity contribution is 0.598. The third kappa shape index (κ3) is 4.48. The number of rotatable bonds is 5. The van der Waals surface area contributed by atoms with Crippen LogP contribution in [0.25, 0.3) is 22.3 Å². The molecule has 6 nitrogen and oxygen atoms in total. The Bertz CT molecular complexity index is 1450. The molecule has 3 aromatic carbocycles. The van der Waals surface area contributed by atoms with Gasteiger partial charge in [0.2, 0.25) is 10.0 Å². The van der Waals surface area contributed by atoms with Crippen LogP contribution in [0.15, 0.2) is 88.7 Å². The van der Waals surface area contributed by atoms with Crippen molar-refractivity contribution in [2.75, 3.05) is 0 Å². The van der Waals surface area contributed by atoms with Crippen LogP contribution in [0.1, 0.15) is 5.56 Å². The molecule has 0 spiro atoms. The van der Waals surface area contributed by atoms with Gasteiger partial charge in [0.15, 0.2) is 0 Å². The molecule has 0 radical (unpaired) electrons. The summed E-state index contributed by atoms with van der Waals surface area (Å²) in [6, 6.07) is 16.9. The highest BCUT2D eigenvalue weighted by Crippen LogP contribution is 2.29. The predicted molar refractivity (Wildman–Crippen MR) is 116 cm³/mol. The summed E-state index contributed by atoms with van der Waals surface area (Å²) in [5, 5.41) is 9.37. The van der Waals surface area contributed by atoms with E-state index in [0.717, 1.165) is 0 Å². The molecular weight excluding hydrogens is 436 g/mol. The molecule has 162 valence electrons. The summed E-state index contributed by atoms with van der Waals surface area (Å²) in [5.74, 6) is -0.886. The molecular formula is C23H17F2N3O3S. The minimum absolute atomic E-state index is 0.0371. The minimum atomic E-state index is -3.88. The van der Waals surface area contributed by atoms with Crippen LogP contribution >= 0.6 is 0 Å². The molecule has 0 aliphatic heterocycles. The van der Waals surface area contributed by atoms with E-state index in [4.69, 9.17) is 5.14 Å². The van der Waals surface area contributed by atoms with Gasteiger partial charge in [0, 0.05) is 5.56 Å². The second kappa shape index (κ2) is 8.45. The Balaban J connectivity index is 1.87. The summed E-state index contributed by atoms with van der Waals surface area (Å²) in [5.41, 5.74) is 1.75. The molecule has 0 fully saturated rings. The monoisotopic (exact) mass is 453 g/mol. The van der Waals surface area contributed by atoms with Crippen molar-refractivity contribution < 1.29 is 17.2 Å². The smallest absolute Gasteiger partial charge is 0.267 e. The van der Waals surface area contributed by atoms with Crippen LogP contribution in [-0.4, -0.2) is 18.2 Å². The first-order chi connectivity index (χ1) is 15.2. The molecule has 0 unspecified atom stereocenters. The zero-order valence-electron chi connectivity index (χ0n) is 16.6. The molecule has 32 heavy (non-hydrogen) atoms. The van der Waals surface area contributed by atoms with Crippen LogP contribution in [0.2, 0.25) is 0 Å². The molecule has 1 aromatic heterocycles. The zero-order valence-corrected chi connectivity index (χ0v) is 17.4. The molecule has 0 saturated carbocycles. The van der Waals surface area contributed by atoms with Gasteiger partial charge in [-0.1, -0.05) is 36.4 Å². The maximum absolute atomic E-state index is 13.6. The summed E-state index contributed by atoms with van der Waals surface area (Å²) >= 11 is 0. The summed E-state index contributed by atoms with van der Waals surface area (Å²) in [6.07, 6.45) is 1.46. The van der Waals surface area contributed by atoms with Crippen molar-refractivity contribution in [3.05, 3.63) is 107 Å². The van der Waals surface area contributed by atoms with Crippen molar-refractivity contribution in [2.24, 2.45) is 5.14 Å². The van der Waals surface area contributed by atoms with Gasteiger partial charge in [-0.25, -0.2) is 27.0 Å². The van der Waals surface area contributed by atoms with Gasteiger partial charge < -0.3 is 0 Å². The first kappa shape index (κ1) is 21.5. The molecule has 0 atom stereocenters. The van der Waals surface area contributed by atoms with Crippen molar-refractivity contribution in [2.45, 2.75) is 11.4 Å². The summed E-state index contributed by atoms with van der Waals surface area (Å²) < 4.78 is 51.3. The average molecular weight is 453 g/mol. The van der Waals surface area contributed by atoms with E-state index >= 15 is 0 Å². The molecule has 9 heteroatoms. The molecule has 2 N–H and O–H groups in total. The highest BCUT2D eigenvalue weighted by atomic mass is 32.2. The van der Waals surface area contributed by atoms with Gasteiger partial charge in [-0.05, 0) is 53.1 Å². The average Bonchev–Trinajstić information content (AvgIpc) is 2.75. The van der Waals surface area contributed by atoms with E-state index < -0.39 is 27.2 Å². The van der Waals surface area contributed by atoms with E-state index in [9.17, 15) is 22.0 Å². The largest absolute Gasteiger partial charge is 0.275 e. The third-order valence-corrected chi connectivity index (χ3v) is 5.82. The van der Waals surface area contributed by atoms with E-state index in [2.05, 4.69) is 5.10 Å². The molecule has 0 amide bonds. The van der Waals surface area contributed by atoms with Crippen LogP contribution in [0.4, 0.5) is 8.78 Å². The standard InChI is InChI=1S/C23H17F2N3O3S/c24-18-8-4-17(5-9-18)22-21(16-6-10-20(11-7-16)32(26,30)31)13-27-28(23(22)29)14-15-2-1-3-19(25)12-15/h1-13H,14H2,(H2,26,30,31). The van der Waals surface area contributed by atoms with Gasteiger partial charge in [-0.3, -0.25) is 4.79 Å². The van der Waals surface area contributed by atoms with Gasteiger partial charge in [-0.2, -0.15) is 5.10 Å². The molecule has 1 heterocycles. The summed E-state index contributed by atoms with van der Waals surface area (Å²) in [6.45, 7) is 0.0371. The third-order valence-electron chi connectivity index (χ3n) is 4.89. The fourth-order valence-corrected chi connectivity index (χ4v) is 3.86. The van der Waals surface area contributed by atoms with E-state index in [1.165, 1.54) is 77.6 Å². The Morgan fingerprint density at radius 2 is 1.53 bits per heavy atom. The summed E-state index contributed by atoms with van der Waals surface area (Å²) in [7, 11) is -3.88. The van der Waals surface area contributed by atoms with Crippen molar-refractivity contribution in [1.29, 1.82) is 0 Å². The fourth-order valence-electron chi connectivity index (χ4n) is 3.35. The molecule has 4 aromatic rings. The van der Waals surface area contributed by atoms with Crippen molar-refractivity contribution in [3.8, 4) is 22.3 Å². The van der Waals surface area contributed by atoms with Crippen LogP contribution < -0.4 is 10.7 Å². The molecule has 0 aliphatic carbocycles. The second-order valence-corrected chi connectivity index (χ2v) is 8.66. The lowest BCUT2D eigenvalue weighted by atomic mass is 9.97. The number of primary sulfonamides is 1. The van der Waals surface area contributed by atoms with E-state index in [-0.39, 0.29) is 17.0 Å². The highest BCUT2D eigenvalue weighted by molar-refractivity contribution is 7.89. The van der Waals surface area contributed by atoms with Gasteiger partial charge in [0.25, 0.3) is 5.56 Å². The maximum atomic E-state index is 13.6. The van der Waals surface area contributed by atoms with Crippen LogP contribution in [0, 0.1) is 11.6 Å². The first-order valence-corrected chi connectivity index (χ1v) is 11.0. The van der Waals surface area contributed by atoms with Crippen molar-refractivity contribution >= 4 is 10.0 Å². The molecule has 4 rings (SSSR count). The van der Waals surface area contributed by atoms with Gasteiger partial charge in [-0.15, -0.1) is 0 Å². The van der Waals surface area contributed by atoms with E-state index in [1.807, 2.05) is 0 Å². The number of nitrogens with zero attached hydrogens (tertiary/aromatic N) is 2. The van der Waals surface area contributed by atoms with Crippen molar-refractivity contribution in [1.82, 2.24) is 9.78 Å². The maximum Gasteiger partial charge on any atom is 0.275 e. The quantitative estimate of drug-likeness (QED) is 0.500. The second-order valence-electron chi connectivity index (χ2n) is 7.10. The molecule has 0 saturated heterocycles. The SMILES string of the molecule is NS(=O)(=O)c1ccc(-c2cnn(Cc3cccc(F)c3)c(=O)c2-c2ccc(F)cc2)cc1. The van der Waals surface area contributed by atoms with Gasteiger partial charge in [0.1, 0.15) is 11.6 Å². The zero-order chi connectivity index (χ0) is 22.9. The van der Waals surface area contributed by atoms with Crippen molar-refractivity contribution in [3.63, 3.8) is 0 Å². The molecule has 0 bridgehead atoms. The predicted octanol–water partition coefficient (Wildman–Crippen LogP) is 3.55.